The molecule has 0 aliphatic heterocycles. The molecule has 0 saturated heterocycles. The standard InChI is InChI=1S/C18H28N2O/c1-6-20-18(5,14-19)12-7-13-21-16-10-8-15(9-11-16)17(2,3)4/h8-11,20H,6-7,12-13H2,1-5H3. The van der Waals surface area contributed by atoms with Crippen molar-refractivity contribution in [1.29, 1.82) is 5.26 Å². The molecule has 0 radical (unpaired) electrons. The molecule has 0 fully saturated rings. The summed E-state index contributed by atoms with van der Waals surface area (Å²) in [4.78, 5) is 0. The highest BCUT2D eigenvalue weighted by molar-refractivity contribution is 5.31. The molecule has 21 heavy (non-hydrogen) atoms. The topological polar surface area (TPSA) is 45.0 Å². The van der Waals surface area contributed by atoms with Crippen LogP contribution < -0.4 is 10.1 Å². The molecule has 1 aromatic carbocycles. The van der Waals surface area contributed by atoms with Crippen LogP contribution in [0, 0.1) is 11.3 Å². The maximum absolute atomic E-state index is 9.19. The van der Waals surface area contributed by atoms with Crippen molar-refractivity contribution in [3.63, 3.8) is 0 Å². The van der Waals surface area contributed by atoms with Crippen molar-refractivity contribution in [2.24, 2.45) is 0 Å². The van der Waals surface area contributed by atoms with Crippen LogP contribution >= 0.6 is 0 Å². The summed E-state index contributed by atoms with van der Waals surface area (Å²) >= 11 is 0. The number of nitriles is 1. The van der Waals surface area contributed by atoms with Gasteiger partial charge < -0.3 is 4.74 Å². The molecule has 0 amide bonds. The zero-order valence-corrected chi connectivity index (χ0v) is 14.0. The van der Waals surface area contributed by atoms with Gasteiger partial charge in [-0.1, -0.05) is 39.8 Å². The van der Waals surface area contributed by atoms with Crippen molar-refractivity contribution < 1.29 is 4.74 Å². The Balaban J connectivity index is 2.42. The highest BCUT2D eigenvalue weighted by Gasteiger charge is 2.21. The maximum Gasteiger partial charge on any atom is 0.119 e. The van der Waals surface area contributed by atoms with Gasteiger partial charge in [0.2, 0.25) is 0 Å². The Morgan fingerprint density at radius 3 is 2.24 bits per heavy atom. The van der Waals surface area contributed by atoms with E-state index in [1.807, 2.05) is 26.0 Å². The fourth-order valence-electron chi connectivity index (χ4n) is 2.24. The Morgan fingerprint density at radius 2 is 1.76 bits per heavy atom. The van der Waals surface area contributed by atoms with Crippen LogP contribution in [0.15, 0.2) is 24.3 Å². The average Bonchev–Trinajstić information content (AvgIpc) is 2.43. The van der Waals surface area contributed by atoms with E-state index in [4.69, 9.17) is 4.74 Å². The molecule has 1 atom stereocenters. The molecule has 1 unspecified atom stereocenters. The summed E-state index contributed by atoms with van der Waals surface area (Å²) in [7, 11) is 0. The summed E-state index contributed by atoms with van der Waals surface area (Å²) in [5, 5.41) is 12.4. The van der Waals surface area contributed by atoms with E-state index in [-0.39, 0.29) is 5.41 Å². The number of benzene rings is 1. The molecule has 1 N–H and O–H groups in total. The average molecular weight is 288 g/mol. The second-order valence-electron chi connectivity index (χ2n) is 6.70. The van der Waals surface area contributed by atoms with Gasteiger partial charge in [0.05, 0.1) is 12.7 Å². The Morgan fingerprint density at radius 1 is 1.14 bits per heavy atom. The van der Waals surface area contributed by atoms with Crippen molar-refractivity contribution >= 4 is 0 Å². The molecule has 3 heteroatoms. The first-order valence-electron chi connectivity index (χ1n) is 7.70. The largest absolute Gasteiger partial charge is 0.494 e. The number of hydrogen-bond donors (Lipinski definition) is 1. The van der Waals surface area contributed by atoms with Crippen LogP contribution in [-0.4, -0.2) is 18.7 Å². The van der Waals surface area contributed by atoms with Crippen LogP contribution in [0.25, 0.3) is 0 Å². The van der Waals surface area contributed by atoms with Crippen molar-refractivity contribution in [3.8, 4) is 11.8 Å². The lowest BCUT2D eigenvalue weighted by molar-refractivity contribution is 0.286. The third kappa shape index (κ3) is 5.77. The summed E-state index contributed by atoms with van der Waals surface area (Å²) in [5.74, 6) is 0.894. The zero-order chi connectivity index (χ0) is 15.9. The molecule has 0 aliphatic carbocycles. The van der Waals surface area contributed by atoms with Gasteiger partial charge in [-0.3, -0.25) is 5.32 Å². The highest BCUT2D eigenvalue weighted by atomic mass is 16.5. The van der Waals surface area contributed by atoms with Gasteiger partial charge >= 0.3 is 0 Å². The minimum atomic E-state index is -0.450. The molecular formula is C18H28N2O. The zero-order valence-electron chi connectivity index (χ0n) is 14.0. The number of rotatable bonds is 7. The van der Waals surface area contributed by atoms with Crippen molar-refractivity contribution in [3.05, 3.63) is 29.8 Å². The van der Waals surface area contributed by atoms with Crippen molar-refractivity contribution in [1.82, 2.24) is 5.32 Å². The quantitative estimate of drug-likeness (QED) is 0.770. The summed E-state index contributed by atoms with van der Waals surface area (Å²) in [6.45, 7) is 12.0. The number of nitrogens with zero attached hydrogens (tertiary/aromatic N) is 1. The molecule has 0 saturated carbocycles. The lowest BCUT2D eigenvalue weighted by Crippen LogP contribution is -2.40. The highest BCUT2D eigenvalue weighted by Crippen LogP contribution is 2.24. The SMILES string of the molecule is CCNC(C)(C#N)CCCOc1ccc(C(C)(C)C)cc1. The van der Waals surface area contributed by atoms with E-state index >= 15 is 0 Å². The molecule has 116 valence electrons. The molecule has 1 rings (SSSR count). The van der Waals surface area contributed by atoms with Crippen LogP contribution in [0.4, 0.5) is 0 Å². The minimum Gasteiger partial charge on any atom is -0.494 e. The van der Waals surface area contributed by atoms with Gasteiger partial charge in [-0.25, -0.2) is 0 Å². The predicted molar refractivity (Wildman–Crippen MR) is 87.6 cm³/mol. The predicted octanol–water partition coefficient (Wildman–Crippen LogP) is 4.03. The van der Waals surface area contributed by atoms with Crippen molar-refractivity contribution in [2.75, 3.05) is 13.2 Å². The van der Waals surface area contributed by atoms with Crippen LogP contribution in [0.1, 0.15) is 53.0 Å². The molecule has 0 bridgehead atoms. The third-order valence-electron chi connectivity index (χ3n) is 3.62. The summed E-state index contributed by atoms with van der Waals surface area (Å²) in [6.07, 6.45) is 1.65. The van der Waals surface area contributed by atoms with E-state index in [0.29, 0.717) is 6.61 Å². The van der Waals surface area contributed by atoms with E-state index in [2.05, 4.69) is 44.3 Å². The third-order valence-corrected chi connectivity index (χ3v) is 3.62. The van der Waals surface area contributed by atoms with E-state index in [0.717, 1.165) is 25.1 Å². The first kappa shape index (κ1) is 17.5. The van der Waals surface area contributed by atoms with Crippen LogP contribution in [0.2, 0.25) is 0 Å². The van der Waals surface area contributed by atoms with E-state index in [9.17, 15) is 5.26 Å². The number of nitrogens with one attached hydrogen (secondary N) is 1. The Hall–Kier alpha value is -1.53. The van der Waals surface area contributed by atoms with E-state index < -0.39 is 5.54 Å². The van der Waals surface area contributed by atoms with Gasteiger partial charge in [-0.05, 0) is 49.4 Å². The van der Waals surface area contributed by atoms with Gasteiger partial charge in [-0.2, -0.15) is 5.26 Å². The number of hydrogen-bond acceptors (Lipinski definition) is 3. The smallest absolute Gasteiger partial charge is 0.119 e. The molecule has 1 aromatic rings. The van der Waals surface area contributed by atoms with Crippen LogP contribution in [-0.2, 0) is 5.41 Å². The fraction of sp³-hybridized carbons (Fsp3) is 0.611. The minimum absolute atomic E-state index is 0.166. The van der Waals surface area contributed by atoms with Gasteiger partial charge in [0.25, 0.3) is 0 Å². The van der Waals surface area contributed by atoms with E-state index in [1.54, 1.807) is 0 Å². The lowest BCUT2D eigenvalue weighted by atomic mass is 9.87. The molecule has 0 spiro atoms. The van der Waals surface area contributed by atoms with Gasteiger partial charge in [0.1, 0.15) is 11.3 Å². The Kier molecular flexibility index (Phi) is 6.23. The second-order valence-corrected chi connectivity index (χ2v) is 6.70. The maximum atomic E-state index is 9.19. The molecule has 0 aliphatic rings. The fourth-order valence-corrected chi connectivity index (χ4v) is 2.24. The van der Waals surface area contributed by atoms with Gasteiger partial charge in [0.15, 0.2) is 0 Å². The molecule has 0 aromatic heterocycles. The molecule has 0 heterocycles. The Bertz CT molecular complexity index is 467. The first-order valence-corrected chi connectivity index (χ1v) is 7.70. The summed E-state index contributed by atoms with van der Waals surface area (Å²) in [6, 6.07) is 10.6. The van der Waals surface area contributed by atoms with E-state index in [1.165, 1.54) is 5.56 Å². The number of ether oxygens (including phenoxy) is 1. The summed E-state index contributed by atoms with van der Waals surface area (Å²) in [5.41, 5.74) is 1.02. The Labute approximate surface area is 129 Å². The monoisotopic (exact) mass is 288 g/mol. The normalized spacial score (nSPS) is 14.3. The van der Waals surface area contributed by atoms with Crippen LogP contribution in [0.3, 0.4) is 0 Å². The first-order chi connectivity index (χ1) is 9.80. The second kappa shape index (κ2) is 7.47. The van der Waals surface area contributed by atoms with Gasteiger partial charge in [-0.15, -0.1) is 0 Å². The van der Waals surface area contributed by atoms with Crippen molar-refractivity contribution in [2.45, 2.75) is 58.4 Å². The van der Waals surface area contributed by atoms with Crippen LogP contribution in [0.5, 0.6) is 5.75 Å². The van der Waals surface area contributed by atoms with Gasteiger partial charge in [0, 0.05) is 0 Å². The lowest BCUT2D eigenvalue weighted by Gasteiger charge is -2.22. The molecular weight excluding hydrogens is 260 g/mol. The molecule has 3 nitrogen and oxygen atoms in total. The summed E-state index contributed by atoms with van der Waals surface area (Å²) < 4.78 is 5.75.